The van der Waals surface area contributed by atoms with Crippen molar-refractivity contribution in [3.63, 3.8) is 0 Å². The van der Waals surface area contributed by atoms with Crippen LogP contribution in [0.1, 0.15) is 0 Å². The van der Waals surface area contributed by atoms with Gasteiger partial charge in [-0.15, -0.1) is 0 Å². The molecule has 0 aliphatic heterocycles. The quantitative estimate of drug-likeness (QED) is 0.160. The van der Waals surface area contributed by atoms with E-state index in [0.717, 1.165) is 72.3 Å². The Bertz CT molecular complexity index is 3880. The standard InChI is InChI=1S/C58H37N7/c1-4-16-38(17-5-1)56-60-57(39-18-6-2-7-19-39)62-58(61-56)42-22-14-20-40(34-42)41-21-15-25-44(35-41)63-51-28-12-10-26-46(51)48-31-30-45(36-54(48)63)65-53-33-32-49-47-27-11-13-29-52(47)64(43-23-8-3-9-24-43)55(49)50(53)37-59-65/h1-37H. The van der Waals surface area contributed by atoms with Crippen molar-refractivity contribution < 1.29 is 0 Å². The monoisotopic (exact) mass is 831 g/mol. The van der Waals surface area contributed by atoms with Crippen molar-refractivity contribution in [2.24, 2.45) is 0 Å². The van der Waals surface area contributed by atoms with E-state index in [1.165, 1.54) is 27.1 Å². The number of benzene rings is 9. The van der Waals surface area contributed by atoms with Crippen LogP contribution in [-0.4, -0.2) is 33.9 Å². The van der Waals surface area contributed by atoms with Crippen LogP contribution in [0.3, 0.4) is 0 Å². The maximum Gasteiger partial charge on any atom is 0.164 e. The Morgan fingerprint density at radius 1 is 0.277 bits per heavy atom. The van der Waals surface area contributed by atoms with Crippen molar-refractivity contribution in [2.45, 2.75) is 0 Å². The lowest BCUT2D eigenvalue weighted by Crippen LogP contribution is -2.00. The minimum Gasteiger partial charge on any atom is -0.309 e. The summed E-state index contributed by atoms with van der Waals surface area (Å²) >= 11 is 0. The number of aromatic nitrogens is 7. The van der Waals surface area contributed by atoms with Crippen molar-refractivity contribution in [1.82, 2.24) is 33.9 Å². The molecule has 0 atom stereocenters. The highest BCUT2D eigenvalue weighted by Crippen LogP contribution is 2.39. The molecular formula is C58H37N7. The van der Waals surface area contributed by atoms with Gasteiger partial charge >= 0.3 is 0 Å². The van der Waals surface area contributed by atoms with Gasteiger partial charge in [0.25, 0.3) is 0 Å². The number of hydrogen-bond donors (Lipinski definition) is 0. The summed E-state index contributed by atoms with van der Waals surface area (Å²) in [5, 5.41) is 11.0. The molecule has 65 heavy (non-hydrogen) atoms. The average molecular weight is 832 g/mol. The third-order valence-electron chi connectivity index (χ3n) is 12.6. The number of rotatable bonds is 7. The molecule has 0 aliphatic carbocycles. The summed E-state index contributed by atoms with van der Waals surface area (Å²) in [7, 11) is 0. The molecular weight excluding hydrogens is 795 g/mol. The van der Waals surface area contributed by atoms with Crippen molar-refractivity contribution in [3.8, 4) is 62.4 Å². The number of para-hydroxylation sites is 3. The molecule has 0 amide bonds. The molecule has 0 radical (unpaired) electrons. The zero-order valence-electron chi connectivity index (χ0n) is 35.0. The molecule has 0 N–H and O–H groups in total. The Hall–Kier alpha value is -8.94. The molecule has 4 heterocycles. The Morgan fingerprint density at radius 2 is 0.785 bits per heavy atom. The van der Waals surface area contributed by atoms with Crippen LogP contribution in [0.25, 0.3) is 117 Å². The third-order valence-corrected chi connectivity index (χ3v) is 12.6. The number of fused-ring (bicyclic) bond motifs is 8. The van der Waals surface area contributed by atoms with Crippen molar-refractivity contribution >= 4 is 54.5 Å². The lowest BCUT2D eigenvalue weighted by atomic mass is 10.0. The Balaban J connectivity index is 0.936. The maximum atomic E-state index is 5.10. The highest BCUT2D eigenvalue weighted by Gasteiger charge is 2.20. The van der Waals surface area contributed by atoms with Crippen LogP contribution in [0.15, 0.2) is 225 Å². The van der Waals surface area contributed by atoms with Crippen LogP contribution < -0.4 is 0 Å². The van der Waals surface area contributed by atoms with Gasteiger partial charge in [-0.25, -0.2) is 19.6 Å². The van der Waals surface area contributed by atoms with Gasteiger partial charge in [0, 0.05) is 55.0 Å². The van der Waals surface area contributed by atoms with Crippen molar-refractivity contribution in [3.05, 3.63) is 225 Å². The highest BCUT2D eigenvalue weighted by atomic mass is 15.3. The molecule has 0 spiro atoms. The normalized spacial score (nSPS) is 11.7. The summed E-state index contributed by atoms with van der Waals surface area (Å²) in [4.78, 5) is 14.9. The fraction of sp³-hybridized carbons (Fsp3) is 0. The topological polar surface area (TPSA) is 66.3 Å². The Kier molecular flexibility index (Phi) is 8.39. The van der Waals surface area contributed by atoms with Crippen LogP contribution in [-0.2, 0) is 0 Å². The Labute approximate surface area is 373 Å². The summed E-state index contributed by atoms with van der Waals surface area (Å²) in [5.41, 5.74) is 13.7. The first-order chi connectivity index (χ1) is 32.2. The number of nitrogens with zero attached hydrogens (tertiary/aromatic N) is 7. The molecule has 0 saturated heterocycles. The predicted octanol–water partition coefficient (Wildman–Crippen LogP) is 14.1. The summed E-state index contributed by atoms with van der Waals surface area (Å²) in [5.74, 6) is 1.90. The zero-order valence-corrected chi connectivity index (χ0v) is 35.0. The third kappa shape index (κ3) is 6.05. The second-order valence-corrected chi connectivity index (χ2v) is 16.4. The van der Waals surface area contributed by atoms with Gasteiger partial charge in [0.05, 0.1) is 39.5 Å². The van der Waals surface area contributed by atoms with E-state index in [2.05, 4.69) is 172 Å². The molecule has 9 aromatic carbocycles. The number of hydrogen-bond acceptors (Lipinski definition) is 4. The van der Waals surface area contributed by atoms with Crippen LogP contribution in [0.5, 0.6) is 0 Å². The second-order valence-electron chi connectivity index (χ2n) is 16.4. The molecule has 7 heteroatoms. The van der Waals surface area contributed by atoms with Crippen LogP contribution in [0, 0.1) is 0 Å². The van der Waals surface area contributed by atoms with E-state index < -0.39 is 0 Å². The average Bonchev–Trinajstić information content (AvgIpc) is 4.07. The van der Waals surface area contributed by atoms with Gasteiger partial charge in [-0.05, 0) is 77.9 Å². The molecule has 4 aromatic heterocycles. The highest BCUT2D eigenvalue weighted by molar-refractivity contribution is 6.18. The van der Waals surface area contributed by atoms with Gasteiger partial charge in [0.1, 0.15) is 0 Å². The molecule has 0 unspecified atom stereocenters. The van der Waals surface area contributed by atoms with Crippen LogP contribution in [0.2, 0.25) is 0 Å². The van der Waals surface area contributed by atoms with Gasteiger partial charge in [-0.2, -0.15) is 5.10 Å². The second kappa shape index (κ2) is 14.9. The van der Waals surface area contributed by atoms with Gasteiger partial charge in [-0.3, -0.25) is 0 Å². The van der Waals surface area contributed by atoms with E-state index in [1.54, 1.807) is 0 Å². The fourth-order valence-electron chi connectivity index (χ4n) is 9.58. The minimum absolute atomic E-state index is 0.624. The smallest absolute Gasteiger partial charge is 0.164 e. The van der Waals surface area contributed by atoms with E-state index in [9.17, 15) is 0 Å². The molecule has 7 nitrogen and oxygen atoms in total. The first-order valence-electron chi connectivity index (χ1n) is 21.8. The summed E-state index contributed by atoms with van der Waals surface area (Å²) in [6.45, 7) is 0. The molecule has 0 fully saturated rings. The first kappa shape index (κ1) is 36.7. The lowest BCUT2D eigenvalue weighted by molar-refractivity contribution is 0.911. The summed E-state index contributed by atoms with van der Waals surface area (Å²) < 4.78 is 6.83. The SMILES string of the molecule is c1ccc(-c2nc(-c3ccccc3)nc(-c3cccc(-c4cccc(-n5c6ccccc6c6ccc(-n7ncc8c7ccc7c9ccccc9n(-c9ccccc9)c78)cc65)c4)c3)n2)cc1. The van der Waals surface area contributed by atoms with Crippen molar-refractivity contribution in [1.29, 1.82) is 0 Å². The van der Waals surface area contributed by atoms with Gasteiger partial charge in [-0.1, -0.05) is 152 Å². The molecule has 304 valence electrons. The van der Waals surface area contributed by atoms with E-state index in [4.69, 9.17) is 20.1 Å². The zero-order chi connectivity index (χ0) is 42.8. The summed E-state index contributed by atoms with van der Waals surface area (Å²) in [6, 6.07) is 76.6. The molecule has 0 aliphatic rings. The van der Waals surface area contributed by atoms with Crippen LogP contribution >= 0.6 is 0 Å². The van der Waals surface area contributed by atoms with Crippen LogP contribution in [0.4, 0.5) is 0 Å². The van der Waals surface area contributed by atoms with E-state index in [0.29, 0.717) is 17.5 Å². The first-order valence-corrected chi connectivity index (χ1v) is 21.8. The molecule has 13 aromatic rings. The minimum atomic E-state index is 0.624. The largest absolute Gasteiger partial charge is 0.309 e. The fourth-order valence-corrected chi connectivity index (χ4v) is 9.58. The van der Waals surface area contributed by atoms with E-state index in [1.807, 2.05) is 66.9 Å². The Morgan fingerprint density at radius 3 is 1.49 bits per heavy atom. The molecule has 0 bridgehead atoms. The maximum absolute atomic E-state index is 5.10. The van der Waals surface area contributed by atoms with E-state index in [-0.39, 0.29) is 0 Å². The van der Waals surface area contributed by atoms with Gasteiger partial charge < -0.3 is 9.13 Å². The summed E-state index contributed by atoms with van der Waals surface area (Å²) in [6.07, 6.45) is 2.02. The predicted molar refractivity (Wildman–Crippen MR) is 265 cm³/mol. The van der Waals surface area contributed by atoms with Gasteiger partial charge in [0.2, 0.25) is 0 Å². The molecule has 13 rings (SSSR count). The van der Waals surface area contributed by atoms with Crippen molar-refractivity contribution in [2.75, 3.05) is 0 Å². The molecule has 0 saturated carbocycles. The van der Waals surface area contributed by atoms with E-state index >= 15 is 0 Å². The lowest BCUT2D eigenvalue weighted by Gasteiger charge is -2.12. The van der Waals surface area contributed by atoms with Gasteiger partial charge in [0.15, 0.2) is 17.5 Å².